The summed E-state index contributed by atoms with van der Waals surface area (Å²) >= 11 is 1.21. The smallest absolute Gasteiger partial charge is 0.337 e. The molecule has 3 amide bonds. The molecule has 2 aromatic carbocycles. The van der Waals surface area contributed by atoms with Gasteiger partial charge >= 0.3 is 5.97 Å². The van der Waals surface area contributed by atoms with Crippen LogP contribution in [-0.4, -0.2) is 55.2 Å². The second kappa shape index (κ2) is 12.8. The predicted molar refractivity (Wildman–Crippen MR) is 132 cm³/mol. The maximum absolute atomic E-state index is 12.4. The van der Waals surface area contributed by atoms with Crippen LogP contribution in [0.15, 0.2) is 48.5 Å². The van der Waals surface area contributed by atoms with Crippen molar-refractivity contribution in [3.63, 3.8) is 0 Å². The summed E-state index contributed by atoms with van der Waals surface area (Å²) in [6.45, 7) is 0.355. The van der Waals surface area contributed by atoms with Gasteiger partial charge in [0.05, 0.1) is 25.5 Å². The van der Waals surface area contributed by atoms with Gasteiger partial charge in [-0.1, -0.05) is 12.1 Å². The Morgan fingerprint density at radius 3 is 2.57 bits per heavy atom. The Balaban J connectivity index is 1.42. The fraction of sp³-hybridized carbons (Fsp3) is 0.333. The number of carbonyl (C=O) groups is 4. The number of anilines is 1. The molecule has 11 heteroatoms. The molecule has 1 aliphatic heterocycles. The van der Waals surface area contributed by atoms with E-state index in [1.165, 1.54) is 18.9 Å². The minimum absolute atomic E-state index is 0.0749. The van der Waals surface area contributed by atoms with E-state index in [9.17, 15) is 19.2 Å². The number of methoxy groups -OCH3 is 2. The molecule has 4 N–H and O–H groups in total. The molecule has 0 saturated carbocycles. The van der Waals surface area contributed by atoms with Gasteiger partial charge in [0.2, 0.25) is 17.7 Å². The van der Waals surface area contributed by atoms with Crippen molar-refractivity contribution in [1.29, 1.82) is 0 Å². The third kappa shape index (κ3) is 8.30. The number of benzene rings is 2. The fourth-order valence-corrected chi connectivity index (χ4v) is 4.30. The van der Waals surface area contributed by atoms with Crippen LogP contribution in [0.2, 0.25) is 0 Å². The maximum atomic E-state index is 12.4. The van der Waals surface area contributed by atoms with Gasteiger partial charge in [0.25, 0.3) is 0 Å². The van der Waals surface area contributed by atoms with Crippen LogP contribution in [0.3, 0.4) is 0 Å². The highest BCUT2D eigenvalue weighted by Gasteiger charge is 2.28. The second-order valence-corrected chi connectivity index (χ2v) is 8.87. The molecule has 1 heterocycles. The van der Waals surface area contributed by atoms with Crippen LogP contribution in [0.4, 0.5) is 5.69 Å². The van der Waals surface area contributed by atoms with Crippen molar-refractivity contribution in [3.05, 3.63) is 59.7 Å². The number of rotatable bonds is 10. The van der Waals surface area contributed by atoms with Gasteiger partial charge in [0.1, 0.15) is 11.2 Å². The first kappa shape index (κ1) is 26.0. The van der Waals surface area contributed by atoms with Crippen LogP contribution in [0, 0.1) is 0 Å². The molecule has 0 spiro atoms. The van der Waals surface area contributed by atoms with Crippen LogP contribution >= 0.6 is 11.8 Å². The molecule has 2 atom stereocenters. The summed E-state index contributed by atoms with van der Waals surface area (Å²) in [5.41, 5.74) is 1.33. The SMILES string of the molecule is COC(=O)c1ccc(NC(=O)CSC2NC(=O)CC(CC(=O)NCc3cccc(OC)c3)N2)cc1. The van der Waals surface area contributed by atoms with Crippen LogP contribution < -0.4 is 26.0 Å². The lowest BCUT2D eigenvalue weighted by Gasteiger charge is -2.30. The third-order valence-electron chi connectivity index (χ3n) is 5.14. The van der Waals surface area contributed by atoms with E-state index in [1.54, 1.807) is 31.4 Å². The van der Waals surface area contributed by atoms with Crippen LogP contribution in [-0.2, 0) is 25.7 Å². The summed E-state index contributed by atoms with van der Waals surface area (Å²) in [6.07, 6.45) is 0.301. The monoisotopic (exact) mass is 500 g/mol. The molecule has 0 bridgehead atoms. The van der Waals surface area contributed by atoms with E-state index in [1.807, 2.05) is 24.3 Å². The average molecular weight is 501 g/mol. The van der Waals surface area contributed by atoms with Gasteiger partial charge in [0, 0.05) is 31.1 Å². The summed E-state index contributed by atoms with van der Waals surface area (Å²) in [4.78, 5) is 48.3. The number of amides is 3. The van der Waals surface area contributed by atoms with Crippen molar-refractivity contribution >= 4 is 41.1 Å². The Labute approximate surface area is 207 Å². The average Bonchev–Trinajstić information content (AvgIpc) is 2.86. The van der Waals surface area contributed by atoms with Gasteiger partial charge in [-0.3, -0.25) is 19.7 Å². The Morgan fingerprint density at radius 1 is 1.09 bits per heavy atom. The van der Waals surface area contributed by atoms with Crippen LogP contribution in [0.1, 0.15) is 28.8 Å². The number of esters is 1. The van der Waals surface area contributed by atoms with E-state index in [0.717, 1.165) is 5.56 Å². The summed E-state index contributed by atoms with van der Waals surface area (Å²) < 4.78 is 9.83. The number of nitrogens with one attached hydrogen (secondary N) is 4. The number of thioether (sulfide) groups is 1. The molecule has 186 valence electrons. The van der Waals surface area contributed by atoms with E-state index in [-0.39, 0.29) is 42.4 Å². The van der Waals surface area contributed by atoms with Crippen molar-refractivity contribution in [2.45, 2.75) is 30.9 Å². The van der Waals surface area contributed by atoms with Gasteiger partial charge in [0.15, 0.2) is 0 Å². The Morgan fingerprint density at radius 2 is 1.86 bits per heavy atom. The summed E-state index contributed by atoms with van der Waals surface area (Å²) in [6, 6.07) is 13.4. The number of hydrogen-bond donors (Lipinski definition) is 4. The van der Waals surface area contributed by atoms with Crippen LogP contribution in [0.25, 0.3) is 0 Å². The van der Waals surface area contributed by atoms with E-state index in [4.69, 9.17) is 4.74 Å². The lowest BCUT2D eigenvalue weighted by molar-refractivity contribution is -0.125. The molecule has 0 radical (unpaired) electrons. The largest absolute Gasteiger partial charge is 0.497 e. The molecule has 2 unspecified atom stereocenters. The number of carbonyl (C=O) groups excluding carboxylic acids is 4. The van der Waals surface area contributed by atoms with E-state index >= 15 is 0 Å². The summed E-state index contributed by atoms with van der Waals surface area (Å²) in [5.74, 6) is -0.311. The Hall–Kier alpha value is -3.57. The van der Waals surface area contributed by atoms with Crippen molar-refractivity contribution in [3.8, 4) is 5.75 Å². The zero-order valence-electron chi connectivity index (χ0n) is 19.5. The Kier molecular flexibility index (Phi) is 9.50. The van der Waals surface area contributed by atoms with Crippen molar-refractivity contribution in [1.82, 2.24) is 16.0 Å². The highest BCUT2D eigenvalue weighted by Crippen LogP contribution is 2.16. The van der Waals surface area contributed by atoms with Gasteiger partial charge < -0.3 is 25.4 Å². The van der Waals surface area contributed by atoms with Crippen LogP contribution in [0.5, 0.6) is 5.75 Å². The lowest BCUT2D eigenvalue weighted by atomic mass is 10.1. The normalized spacial score (nSPS) is 17.1. The van der Waals surface area contributed by atoms with E-state index in [2.05, 4.69) is 26.0 Å². The zero-order chi connectivity index (χ0) is 25.2. The minimum Gasteiger partial charge on any atom is -0.497 e. The van der Waals surface area contributed by atoms with Crippen molar-refractivity contribution < 1.29 is 28.7 Å². The molecular weight excluding hydrogens is 472 g/mol. The topological polar surface area (TPSA) is 135 Å². The zero-order valence-corrected chi connectivity index (χ0v) is 20.3. The standard InChI is InChI=1S/C24H28N4O6S/c1-33-19-5-3-4-15(10-19)13-25-20(29)11-18-12-21(30)28-24(27-18)35-14-22(31)26-17-8-6-16(7-9-17)23(32)34-2/h3-10,18,24,27H,11-14H2,1-2H3,(H,25,29)(H,26,31)(H,28,30). The molecule has 0 aromatic heterocycles. The summed E-state index contributed by atoms with van der Waals surface area (Å²) in [5, 5.41) is 11.6. The summed E-state index contributed by atoms with van der Waals surface area (Å²) in [7, 11) is 2.88. The molecule has 1 saturated heterocycles. The molecule has 1 aliphatic rings. The first-order chi connectivity index (χ1) is 16.9. The fourth-order valence-electron chi connectivity index (χ4n) is 3.41. The Bertz CT molecular complexity index is 1060. The number of ether oxygens (including phenoxy) is 2. The lowest BCUT2D eigenvalue weighted by Crippen LogP contribution is -2.56. The van der Waals surface area contributed by atoms with E-state index in [0.29, 0.717) is 23.5 Å². The first-order valence-corrected chi connectivity index (χ1v) is 12.0. The molecule has 10 nitrogen and oxygen atoms in total. The molecule has 0 aliphatic carbocycles. The highest BCUT2D eigenvalue weighted by molar-refractivity contribution is 8.00. The first-order valence-electron chi connectivity index (χ1n) is 10.9. The maximum Gasteiger partial charge on any atom is 0.337 e. The highest BCUT2D eigenvalue weighted by atomic mass is 32.2. The van der Waals surface area contributed by atoms with E-state index < -0.39 is 11.5 Å². The second-order valence-electron chi connectivity index (χ2n) is 7.78. The molecular formula is C24H28N4O6S. The van der Waals surface area contributed by atoms with Crippen molar-refractivity contribution in [2.75, 3.05) is 25.3 Å². The minimum atomic E-state index is -0.500. The molecule has 1 fully saturated rings. The van der Waals surface area contributed by atoms with Gasteiger partial charge in [-0.05, 0) is 42.0 Å². The predicted octanol–water partition coefficient (Wildman–Crippen LogP) is 1.62. The quantitative estimate of drug-likeness (QED) is 0.362. The van der Waals surface area contributed by atoms with Crippen molar-refractivity contribution in [2.24, 2.45) is 0 Å². The van der Waals surface area contributed by atoms with Gasteiger partial charge in [-0.25, -0.2) is 4.79 Å². The molecule has 2 aromatic rings. The molecule has 35 heavy (non-hydrogen) atoms. The van der Waals surface area contributed by atoms with Gasteiger partial charge in [-0.15, -0.1) is 11.8 Å². The van der Waals surface area contributed by atoms with Gasteiger partial charge in [-0.2, -0.15) is 0 Å². The number of hydrogen-bond acceptors (Lipinski definition) is 8. The third-order valence-corrected chi connectivity index (χ3v) is 6.15. The molecule has 3 rings (SSSR count).